The van der Waals surface area contributed by atoms with E-state index in [4.69, 9.17) is 16.3 Å². The standard InChI is InChI=1S/C7H9ClF3N3OS/c8-1-3-15-4-2-12-6-14-13-5(16-6)7(9,10)11/h1-4H2,(H,12,14). The Hall–Kier alpha value is -0.600. The Morgan fingerprint density at radius 3 is 2.62 bits per heavy atom. The van der Waals surface area contributed by atoms with Gasteiger partial charge in [-0.3, -0.25) is 0 Å². The summed E-state index contributed by atoms with van der Waals surface area (Å²) in [5.74, 6) is 0.386. The van der Waals surface area contributed by atoms with Crippen LogP contribution in [0.4, 0.5) is 18.3 Å². The van der Waals surface area contributed by atoms with Crippen molar-refractivity contribution in [2.75, 3.05) is 31.0 Å². The summed E-state index contributed by atoms with van der Waals surface area (Å²) in [6.45, 7) is 1.13. The van der Waals surface area contributed by atoms with Crippen LogP contribution >= 0.6 is 22.9 Å². The highest BCUT2D eigenvalue weighted by Crippen LogP contribution is 2.32. The third kappa shape index (κ3) is 4.50. The first kappa shape index (κ1) is 13.5. The summed E-state index contributed by atoms with van der Waals surface area (Å²) in [5.41, 5.74) is 0. The highest BCUT2D eigenvalue weighted by Gasteiger charge is 2.35. The van der Waals surface area contributed by atoms with Crippen molar-refractivity contribution in [2.24, 2.45) is 0 Å². The van der Waals surface area contributed by atoms with Crippen LogP contribution in [0.5, 0.6) is 0 Å². The van der Waals surface area contributed by atoms with Gasteiger partial charge in [0.1, 0.15) is 0 Å². The van der Waals surface area contributed by atoms with E-state index >= 15 is 0 Å². The van der Waals surface area contributed by atoms with Gasteiger partial charge in [0.05, 0.1) is 13.2 Å². The molecule has 0 amide bonds. The molecule has 4 nitrogen and oxygen atoms in total. The van der Waals surface area contributed by atoms with Crippen molar-refractivity contribution in [3.63, 3.8) is 0 Å². The maximum atomic E-state index is 12.1. The van der Waals surface area contributed by atoms with E-state index in [2.05, 4.69) is 15.5 Å². The van der Waals surface area contributed by atoms with Crippen LogP contribution in [-0.2, 0) is 10.9 Å². The molecule has 0 saturated heterocycles. The second-order valence-electron chi connectivity index (χ2n) is 2.64. The van der Waals surface area contributed by atoms with Gasteiger partial charge in [-0.1, -0.05) is 11.3 Å². The Morgan fingerprint density at radius 1 is 1.31 bits per heavy atom. The topological polar surface area (TPSA) is 47.0 Å². The van der Waals surface area contributed by atoms with Crippen LogP contribution < -0.4 is 5.32 Å². The molecule has 0 bridgehead atoms. The van der Waals surface area contributed by atoms with Crippen molar-refractivity contribution in [1.82, 2.24) is 10.2 Å². The maximum Gasteiger partial charge on any atom is 0.445 e. The Balaban J connectivity index is 2.30. The predicted octanol–water partition coefficient (Wildman–Crippen LogP) is 2.22. The van der Waals surface area contributed by atoms with Gasteiger partial charge in [0.25, 0.3) is 0 Å². The number of alkyl halides is 4. The van der Waals surface area contributed by atoms with Crippen molar-refractivity contribution in [3.8, 4) is 0 Å². The zero-order valence-electron chi connectivity index (χ0n) is 8.05. The molecule has 0 atom stereocenters. The van der Waals surface area contributed by atoms with Gasteiger partial charge in [-0.25, -0.2) is 0 Å². The number of hydrogen-bond acceptors (Lipinski definition) is 5. The molecule has 92 valence electrons. The summed E-state index contributed by atoms with van der Waals surface area (Å²) in [5, 5.41) is 8.22. The molecule has 9 heteroatoms. The minimum atomic E-state index is -4.44. The van der Waals surface area contributed by atoms with E-state index in [0.717, 1.165) is 0 Å². The van der Waals surface area contributed by atoms with E-state index in [-0.39, 0.29) is 5.13 Å². The molecular weight excluding hydrogens is 267 g/mol. The Morgan fingerprint density at radius 2 is 2.06 bits per heavy atom. The first-order valence-corrected chi connectivity index (χ1v) is 5.67. The number of halogens is 4. The molecule has 16 heavy (non-hydrogen) atoms. The molecule has 1 aromatic rings. The second kappa shape index (κ2) is 6.21. The number of aromatic nitrogens is 2. The van der Waals surface area contributed by atoms with Crippen molar-refractivity contribution in [2.45, 2.75) is 6.18 Å². The lowest BCUT2D eigenvalue weighted by Gasteiger charge is -2.02. The van der Waals surface area contributed by atoms with Gasteiger partial charge in [0.15, 0.2) is 0 Å². The summed E-state index contributed by atoms with van der Waals surface area (Å²) in [6, 6.07) is 0. The fourth-order valence-electron chi connectivity index (χ4n) is 0.796. The van der Waals surface area contributed by atoms with Crippen molar-refractivity contribution in [1.29, 1.82) is 0 Å². The number of nitrogens with zero attached hydrogens (tertiary/aromatic N) is 2. The van der Waals surface area contributed by atoms with Crippen LogP contribution in [0.25, 0.3) is 0 Å². The smallest absolute Gasteiger partial charge is 0.378 e. The highest BCUT2D eigenvalue weighted by atomic mass is 35.5. The highest BCUT2D eigenvalue weighted by molar-refractivity contribution is 7.15. The molecular formula is C7H9ClF3N3OS. The molecule has 0 aliphatic heterocycles. The van der Waals surface area contributed by atoms with Gasteiger partial charge in [-0.15, -0.1) is 21.8 Å². The van der Waals surface area contributed by atoms with Crippen LogP contribution in [0, 0.1) is 0 Å². The number of nitrogens with one attached hydrogen (secondary N) is 1. The average molecular weight is 276 g/mol. The normalized spacial score (nSPS) is 11.8. The van der Waals surface area contributed by atoms with Crippen molar-refractivity contribution in [3.05, 3.63) is 5.01 Å². The maximum absolute atomic E-state index is 12.1. The average Bonchev–Trinajstić information content (AvgIpc) is 2.65. The summed E-state index contributed by atoms with van der Waals surface area (Å²) in [4.78, 5) is 0. The van der Waals surface area contributed by atoms with E-state index < -0.39 is 11.2 Å². The molecule has 0 aromatic carbocycles. The Labute approximate surface area is 98.8 Å². The van der Waals surface area contributed by atoms with E-state index in [1.54, 1.807) is 0 Å². The summed E-state index contributed by atoms with van der Waals surface area (Å²) in [7, 11) is 0. The van der Waals surface area contributed by atoms with E-state index in [9.17, 15) is 13.2 Å². The van der Waals surface area contributed by atoms with E-state index in [1.165, 1.54) is 0 Å². The zero-order valence-corrected chi connectivity index (χ0v) is 9.62. The molecule has 0 spiro atoms. The molecule has 0 radical (unpaired) electrons. The summed E-state index contributed by atoms with van der Waals surface area (Å²) in [6.07, 6.45) is -4.44. The largest absolute Gasteiger partial charge is 0.445 e. The van der Waals surface area contributed by atoms with Crippen LogP contribution in [0.3, 0.4) is 0 Å². The lowest BCUT2D eigenvalue weighted by Crippen LogP contribution is -2.10. The van der Waals surface area contributed by atoms with Gasteiger partial charge in [0, 0.05) is 12.4 Å². The minimum absolute atomic E-state index is 0.127. The second-order valence-corrected chi connectivity index (χ2v) is 3.99. The molecule has 1 aromatic heterocycles. The molecule has 1 rings (SSSR count). The third-order valence-corrected chi connectivity index (χ3v) is 2.49. The fraction of sp³-hybridized carbons (Fsp3) is 0.714. The van der Waals surface area contributed by atoms with E-state index in [1.807, 2.05) is 0 Å². The first-order chi connectivity index (χ1) is 7.54. The zero-order chi connectivity index (χ0) is 12.0. The molecule has 1 heterocycles. The number of rotatable bonds is 6. The SMILES string of the molecule is FC(F)(F)c1nnc(NCCOCCCl)s1. The third-order valence-electron chi connectivity index (χ3n) is 1.41. The molecule has 0 aliphatic carbocycles. The fourth-order valence-corrected chi connectivity index (χ4v) is 1.54. The van der Waals surface area contributed by atoms with Crippen molar-refractivity contribution >= 4 is 28.1 Å². The molecule has 0 unspecified atom stereocenters. The molecule has 1 N–H and O–H groups in total. The quantitative estimate of drug-likeness (QED) is 0.639. The van der Waals surface area contributed by atoms with E-state index in [0.29, 0.717) is 37.0 Å². The van der Waals surface area contributed by atoms with Crippen LogP contribution in [0.15, 0.2) is 0 Å². The monoisotopic (exact) mass is 275 g/mol. The van der Waals surface area contributed by atoms with Gasteiger partial charge in [-0.05, 0) is 0 Å². The first-order valence-electron chi connectivity index (χ1n) is 4.32. The predicted molar refractivity (Wildman–Crippen MR) is 54.9 cm³/mol. The molecule has 0 saturated carbocycles. The number of hydrogen-bond donors (Lipinski definition) is 1. The Kier molecular flexibility index (Phi) is 5.23. The van der Waals surface area contributed by atoms with Crippen LogP contribution in [-0.4, -0.2) is 35.8 Å². The lowest BCUT2D eigenvalue weighted by molar-refractivity contribution is -0.138. The number of anilines is 1. The summed E-state index contributed by atoms with van der Waals surface area (Å²) >= 11 is 5.82. The summed E-state index contributed by atoms with van der Waals surface area (Å²) < 4.78 is 41.4. The number of ether oxygens (including phenoxy) is 1. The van der Waals surface area contributed by atoms with Gasteiger partial charge < -0.3 is 10.1 Å². The molecule has 0 aliphatic rings. The van der Waals surface area contributed by atoms with Crippen molar-refractivity contribution < 1.29 is 17.9 Å². The minimum Gasteiger partial charge on any atom is -0.378 e. The van der Waals surface area contributed by atoms with Gasteiger partial charge >= 0.3 is 6.18 Å². The molecule has 0 fully saturated rings. The Bertz CT molecular complexity index is 320. The van der Waals surface area contributed by atoms with Crippen LogP contribution in [0.2, 0.25) is 0 Å². The lowest BCUT2D eigenvalue weighted by atomic mass is 10.7. The van der Waals surface area contributed by atoms with Crippen LogP contribution in [0.1, 0.15) is 5.01 Å². The van der Waals surface area contributed by atoms with Gasteiger partial charge in [-0.2, -0.15) is 13.2 Å². The van der Waals surface area contributed by atoms with Gasteiger partial charge in [0.2, 0.25) is 10.1 Å².